The Hall–Kier alpha value is -2.92. The minimum Gasteiger partial charge on any atom is -0.351 e. The molecule has 27 heavy (non-hydrogen) atoms. The Balaban J connectivity index is 1.58. The van der Waals surface area contributed by atoms with Crippen molar-refractivity contribution in [1.82, 2.24) is 20.4 Å². The van der Waals surface area contributed by atoms with Gasteiger partial charge in [-0.2, -0.15) is 5.10 Å². The van der Waals surface area contributed by atoms with Gasteiger partial charge in [0.05, 0.1) is 17.4 Å². The first-order chi connectivity index (χ1) is 13.3. The third-order valence-corrected chi connectivity index (χ3v) is 4.94. The van der Waals surface area contributed by atoms with Gasteiger partial charge in [-0.25, -0.2) is 4.68 Å². The highest BCUT2D eigenvalue weighted by molar-refractivity contribution is 5.82. The molecular weight excluding hydrogens is 336 g/mol. The summed E-state index contributed by atoms with van der Waals surface area (Å²) in [4.78, 5) is 12.5. The number of para-hydroxylation sites is 1. The number of rotatable bonds is 5. The zero-order valence-electron chi connectivity index (χ0n) is 15.3. The van der Waals surface area contributed by atoms with Gasteiger partial charge in [0.2, 0.25) is 5.91 Å². The molecule has 1 amide bonds. The molecule has 5 heteroatoms. The standard InChI is InChI=1S/C22H24N4O/c27-22(20-13-7-8-14-23-20)24-15-18-16-26(19-11-5-2-6-12-19)25-21(18)17-9-3-1-4-10-17/h1-6,9-12,16,20,23H,7-8,13-15H2,(H,24,27). The first kappa shape index (κ1) is 17.5. The Bertz CT molecular complexity index is 883. The molecule has 3 aromatic rings. The van der Waals surface area contributed by atoms with Gasteiger partial charge in [-0.3, -0.25) is 4.79 Å². The molecule has 1 fully saturated rings. The summed E-state index contributed by atoms with van der Waals surface area (Å²) >= 11 is 0. The second-order valence-electron chi connectivity index (χ2n) is 6.87. The highest BCUT2D eigenvalue weighted by Crippen LogP contribution is 2.23. The zero-order valence-corrected chi connectivity index (χ0v) is 15.3. The number of amides is 1. The van der Waals surface area contributed by atoms with Crippen molar-refractivity contribution in [3.05, 3.63) is 72.4 Å². The van der Waals surface area contributed by atoms with E-state index in [4.69, 9.17) is 5.10 Å². The monoisotopic (exact) mass is 360 g/mol. The lowest BCUT2D eigenvalue weighted by Crippen LogP contribution is -2.46. The number of benzene rings is 2. The van der Waals surface area contributed by atoms with Gasteiger partial charge >= 0.3 is 0 Å². The maximum absolute atomic E-state index is 12.5. The van der Waals surface area contributed by atoms with Crippen molar-refractivity contribution >= 4 is 5.91 Å². The van der Waals surface area contributed by atoms with Gasteiger partial charge in [-0.15, -0.1) is 0 Å². The first-order valence-corrected chi connectivity index (χ1v) is 9.52. The SMILES string of the molecule is O=C(NCc1cn(-c2ccccc2)nc1-c1ccccc1)C1CCCCN1. The predicted molar refractivity (Wildman–Crippen MR) is 106 cm³/mol. The number of hydrogen-bond donors (Lipinski definition) is 2. The van der Waals surface area contributed by atoms with Gasteiger partial charge in [0, 0.05) is 23.9 Å². The van der Waals surface area contributed by atoms with Crippen molar-refractivity contribution in [3.63, 3.8) is 0 Å². The van der Waals surface area contributed by atoms with Crippen molar-refractivity contribution in [3.8, 4) is 16.9 Å². The van der Waals surface area contributed by atoms with Crippen LogP contribution in [-0.4, -0.2) is 28.3 Å². The summed E-state index contributed by atoms with van der Waals surface area (Å²) in [5.74, 6) is 0.0705. The highest BCUT2D eigenvalue weighted by Gasteiger charge is 2.21. The van der Waals surface area contributed by atoms with E-state index < -0.39 is 0 Å². The normalized spacial score (nSPS) is 16.8. The molecule has 2 heterocycles. The van der Waals surface area contributed by atoms with Crippen LogP contribution in [0.1, 0.15) is 24.8 Å². The Morgan fingerprint density at radius 3 is 2.52 bits per heavy atom. The average Bonchev–Trinajstić information content (AvgIpc) is 3.18. The number of nitrogens with one attached hydrogen (secondary N) is 2. The van der Waals surface area contributed by atoms with Gasteiger partial charge < -0.3 is 10.6 Å². The summed E-state index contributed by atoms with van der Waals surface area (Å²) in [5.41, 5.74) is 3.96. The van der Waals surface area contributed by atoms with Crippen LogP contribution in [0, 0.1) is 0 Å². The lowest BCUT2D eigenvalue weighted by Gasteiger charge is -2.22. The maximum Gasteiger partial charge on any atom is 0.237 e. The Kier molecular flexibility index (Phi) is 5.30. The highest BCUT2D eigenvalue weighted by atomic mass is 16.2. The molecule has 1 aliphatic rings. The van der Waals surface area contributed by atoms with Crippen LogP contribution in [0.15, 0.2) is 66.9 Å². The van der Waals surface area contributed by atoms with Crippen LogP contribution in [0.2, 0.25) is 0 Å². The van der Waals surface area contributed by atoms with E-state index in [1.165, 1.54) is 0 Å². The second kappa shape index (κ2) is 8.18. The molecule has 2 N–H and O–H groups in total. The fourth-order valence-electron chi connectivity index (χ4n) is 3.47. The van der Waals surface area contributed by atoms with Crippen LogP contribution >= 0.6 is 0 Å². The van der Waals surface area contributed by atoms with E-state index in [1.54, 1.807) is 0 Å². The predicted octanol–water partition coefficient (Wildman–Crippen LogP) is 3.30. The van der Waals surface area contributed by atoms with Crippen LogP contribution in [-0.2, 0) is 11.3 Å². The number of carbonyl (C=O) groups is 1. The van der Waals surface area contributed by atoms with E-state index in [2.05, 4.69) is 10.6 Å². The molecule has 0 saturated carbocycles. The molecule has 138 valence electrons. The third-order valence-electron chi connectivity index (χ3n) is 4.94. The Morgan fingerprint density at radius 1 is 1.07 bits per heavy atom. The van der Waals surface area contributed by atoms with Crippen LogP contribution in [0.4, 0.5) is 0 Å². The molecule has 0 bridgehead atoms. The number of piperidine rings is 1. The summed E-state index contributed by atoms with van der Waals surface area (Å²) in [5, 5.41) is 11.2. The molecule has 1 aliphatic heterocycles. The first-order valence-electron chi connectivity index (χ1n) is 9.52. The number of hydrogen-bond acceptors (Lipinski definition) is 3. The van der Waals surface area contributed by atoms with Crippen LogP contribution in [0.3, 0.4) is 0 Å². The summed E-state index contributed by atoms with van der Waals surface area (Å²) in [6.45, 7) is 1.38. The lowest BCUT2D eigenvalue weighted by atomic mass is 10.0. The molecular formula is C22H24N4O. The topological polar surface area (TPSA) is 59.0 Å². The molecule has 2 aromatic carbocycles. The fraction of sp³-hybridized carbons (Fsp3) is 0.273. The van der Waals surface area contributed by atoms with Crippen molar-refractivity contribution in [1.29, 1.82) is 0 Å². The van der Waals surface area contributed by atoms with E-state index in [-0.39, 0.29) is 11.9 Å². The van der Waals surface area contributed by atoms with E-state index in [0.717, 1.165) is 48.3 Å². The van der Waals surface area contributed by atoms with Gasteiger partial charge in [0.25, 0.3) is 0 Å². The molecule has 1 unspecified atom stereocenters. The number of carbonyl (C=O) groups excluding carboxylic acids is 1. The van der Waals surface area contributed by atoms with E-state index in [0.29, 0.717) is 6.54 Å². The fourth-order valence-corrected chi connectivity index (χ4v) is 3.47. The van der Waals surface area contributed by atoms with Crippen molar-refractivity contribution in [2.24, 2.45) is 0 Å². The summed E-state index contributed by atoms with van der Waals surface area (Å²) < 4.78 is 1.88. The minimum absolute atomic E-state index is 0.0705. The summed E-state index contributed by atoms with van der Waals surface area (Å²) in [6, 6.07) is 20.0. The van der Waals surface area contributed by atoms with Gasteiger partial charge in [0.15, 0.2) is 0 Å². The zero-order chi connectivity index (χ0) is 18.5. The van der Waals surface area contributed by atoms with Gasteiger partial charge in [0.1, 0.15) is 0 Å². The molecule has 0 aliphatic carbocycles. The van der Waals surface area contributed by atoms with E-state index in [1.807, 2.05) is 71.5 Å². The van der Waals surface area contributed by atoms with Crippen molar-refractivity contribution < 1.29 is 4.79 Å². The van der Waals surface area contributed by atoms with E-state index >= 15 is 0 Å². The van der Waals surface area contributed by atoms with Crippen molar-refractivity contribution in [2.75, 3.05) is 6.54 Å². The largest absolute Gasteiger partial charge is 0.351 e. The minimum atomic E-state index is -0.0805. The molecule has 0 radical (unpaired) electrons. The molecule has 1 aromatic heterocycles. The summed E-state index contributed by atoms with van der Waals surface area (Å²) in [6.07, 6.45) is 5.16. The molecule has 5 nitrogen and oxygen atoms in total. The third kappa shape index (κ3) is 4.09. The molecule has 4 rings (SSSR count). The number of nitrogens with zero attached hydrogens (tertiary/aromatic N) is 2. The van der Waals surface area contributed by atoms with Crippen LogP contribution < -0.4 is 10.6 Å². The lowest BCUT2D eigenvalue weighted by molar-refractivity contribution is -0.123. The molecule has 1 atom stereocenters. The second-order valence-corrected chi connectivity index (χ2v) is 6.87. The smallest absolute Gasteiger partial charge is 0.237 e. The maximum atomic E-state index is 12.5. The quantitative estimate of drug-likeness (QED) is 0.734. The van der Waals surface area contributed by atoms with Crippen molar-refractivity contribution in [2.45, 2.75) is 31.8 Å². The number of aromatic nitrogens is 2. The van der Waals surface area contributed by atoms with Crippen LogP contribution in [0.25, 0.3) is 16.9 Å². The average molecular weight is 360 g/mol. The van der Waals surface area contributed by atoms with Gasteiger partial charge in [-0.1, -0.05) is 55.0 Å². The van der Waals surface area contributed by atoms with E-state index in [9.17, 15) is 4.79 Å². The Morgan fingerprint density at radius 2 is 1.81 bits per heavy atom. The van der Waals surface area contributed by atoms with Gasteiger partial charge in [-0.05, 0) is 31.5 Å². The van der Waals surface area contributed by atoms with Crippen LogP contribution in [0.5, 0.6) is 0 Å². The molecule has 1 saturated heterocycles. The molecule has 0 spiro atoms. The Labute approximate surface area is 159 Å². The summed E-state index contributed by atoms with van der Waals surface area (Å²) in [7, 11) is 0.